The molecule has 0 radical (unpaired) electrons. The van der Waals surface area contributed by atoms with Crippen LogP contribution in [-0.2, 0) is 22.4 Å². The van der Waals surface area contributed by atoms with Gasteiger partial charge >= 0.3 is 34.6 Å². The third-order valence-electron chi connectivity index (χ3n) is 0.127. The van der Waals surface area contributed by atoms with Crippen LogP contribution in [0.1, 0.15) is 0 Å². The van der Waals surface area contributed by atoms with Crippen molar-refractivity contribution in [3.8, 4) is 0 Å². The Morgan fingerprint density at radius 3 is 1.71 bits per heavy atom. The summed E-state index contributed by atoms with van der Waals surface area (Å²) in [6, 6.07) is 0. The first kappa shape index (κ1) is 12.0. The molecule has 0 aromatic carbocycles. The van der Waals surface area contributed by atoms with Crippen LogP contribution in [0.5, 0.6) is 0 Å². The van der Waals surface area contributed by atoms with E-state index in [2.05, 4.69) is 44.1 Å². The summed E-state index contributed by atoms with van der Waals surface area (Å²) in [4.78, 5) is 0. The van der Waals surface area contributed by atoms with Gasteiger partial charge in [-0.3, -0.25) is 0 Å². The molecule has 1 unspecified atom stereocenters. The second-order valence-electron chi connectivity index (χ2n) is 0.589. The third-order valence-corrected chi connectivity index (χ3v) is 1.93. The van der Waals surface area contributed by atoms with Crippen molar-refractivity contribution in [2.75, 3.05) is 5.33 Å². The standard InChI is InChI=1S/C2H4Br2O.BrH.Zr/c3-1-2(4)5;;/h2,5H,1H2;1H;/q;;+1/p-1. The van der Waals surface area contributed by atoms with Gasteiger partial charge in [-0.25, -0.2) is 0 Å². The molecule has 0 saturated carbocycles. The minimum atomic E-state index is -0.387. The average Bonchev–Trinajstić information content (AvgIpc) is 1.73. The molecule has 0 fully saturated rings. The van der Waals surface area contributed by atoms with Crippen molar-refractivity contribution in [1.82, 2.24) is 0 Å². The number of alkyl halides is 2. The Morgan fingerprint density at radius 2 is 1.71 bits per heavy atom. The van der Waals surface area contributed by atoms with Gasteiger partial charge in [0, 0.05) is 5.33 Å². The van der Waals surface area contributed by atoms with E-state index in [1.165, 1.54) is 22.4 Å². The molecule has 0 aromatic heterocycles. The number of aliphatic hydroxyl groups is 1. The summed E-state index contributed by atoms with van der Waals surface area (Å²) in [6.07, 6.45) is 0. The first-order valence-electron chi connectivity index (χ1n) is 1.34. The van der Waals surface area contributed by atoms with E-state index >= 15 is 0 Å². The van der Waals surface area contributed by atoms with Gasteiger partial charge in [0.1, 0.15) is 5.01 Å². The van der Waals surface area contributed by atoms with Gasteiger partial charge in [0.25, 0.3) is 0 Å². The van der Waals surface area contributed by atoms with Crippen molar-refractivity contribution in [3.63, 3.8) is 0 Å². The molecule has 1 N–H and O–H groups in total. The van der Waals surface area contributed by atoms with E-state index in [0.29, 0.717) is 5.33 Å². The number of aliphatic hydroxyl groups excluding tert-OH is 1. The van der Waals surface area contributed by atoms with Gasteiger partial charge in [-0.1, -0.05) is 31.9 Å². The van der Waals surface area contributed by atoms with Crippen molar-refractivity contribution in [3.05, 3.63) is 0 Å². The summed E-state index contributed by atoms with van der Waals surface area (Å²) in [5.74, 6) is 0. The van der Waals surface area contributed by atoms with Crippen LogP contribution in [0.25, 0.3) is 0 Å². The van der Waals surface area contributed by atoms with Gasteiger partial charge in [0.15, 0.2) is 0 Å². The van der Waals surface area contributed by atoms with E-state index in [1.54, 1.807) is 0 Å². The molecule has 1 atom stereocenters. The maximum atomic E-state index is 8.23. The molecule has 0 aliphatic rings. The van der Waals surface area contributed by atoms with Crippen LogP contribution >= 0.6 is 44.1 Å². The summed E-state index contributed by atoms with van der Waals surface area (Å²) in [5.41, 5.74) is 0. The van der Waals surface area contributed by atoms with Crippen LogP contribution in [0, 0.1) is 0 Å². The zero-order valence-corrected chi connectivity index (χ0v) is 10.6. The molecule has 0 aliphatic carbocycles. The van der Waals surface area contributed by atoms with E-state index in [1.807, 2.05) is 0 Å². The van der Waals surface area contributed by atoms with E-state index in [-0.39, 0.29) is 5.01 Å². The maximum absolute atomic E-state index is 8.23. The third kappa shape index (κ3) is 17.8. The van der Waals surface area contributed by atoms with Crippen molar-refractivity contribution in [1.29, 1.82) is 0 Å². The fraction of sp³-hybridized carbons (Fsp3) is 1.00. The Balaban J connectivity index is 0. The van der Waals surface area contributed by atoms with Gasteiger partial charge in [-0.2, -0.15) is 0 Å². The molecular formula is C2H4Br3OZr. The fourth-order valence-electron chi connectivity index (χ4n) is 0. The zero-order valence-electron chi connectivity index (χ0n) is 3.37. The van der Waals surface area contributed by atoms with Crippen molar-refractivity contribution >= 4 is 44.1 Å². The van der Waals surface area contributed by atoms with Gasteiger partial charge in [0.05, 0.1) is 0 Å². The number of halogens is 3. The van der Waals surface area contributed by atoms with Crippen molar-refractivity contribution < 1.29 is 27.5 Å². The molecule has 0 bridgehead atoms. The van der Waals surface area contributed by atoms with Crippen LogP contribution in [0.2, 0.25) is 0 Å². The Kier molecular flexibility index (Phi) is 19.1. The molecule has 0 aliphatic heterocycles. The van der Waals surface area contributed by atoms with Gasteiger partial charge in [0.2, 0.25) is 0 Å². The minimum absolute atomic E-state index is 0.387. The number of hydrogen-bond acceptors (Lipinski definition) is 1. The second kappa shape index (κ2) is 11.1. The molecule has 7 heavy (non-hydrogen) atoms. The summed E-state index contributed by atoms with van der Waals surface area (Å²) < 4.78 is 0. The van der Waals surface area contributed by atoms with Gasteiger partial charge < -0.3 is 5.11 Å². The normalized spacial score (nSPS) is 11.3. The van der Waals surface area contributed by atoms with Crippen LogP contribution in [0.4, 0.5) is 0 Å². The van der Waals surface area contributed by atoms with Crippen LogP contribution in [0.15, 0.2) is 0 Å². The zero-order chi connectivity index (χ0) is 6.28. The van der Waals surface area contributed by atoms with Crippen molar-refractivity contribution in [2.24, 2.45) is 0 Å². The molecule has 0 spiro atoms. The topological polar surface area (TPSA) is 20.2 Å². The van der Waals surface area contributed by atoms with E-state index in [4.69, 9.17) is 5.11 Å². The Morgan fingerprint density at radius 1 is 1.57 bits per heavy atom. The molecule has 0 rings (SSSR count). The summed E-state index contributed by atoms with van der Waals surface area (Å²) in [6.45, 7) is 0. The van der Waals surface area contributed by atoms with E-state index in [0.717, 1.165) is 0 Å². The molecule has 5 heteroatoms. The van der Waals surface area contributed by atoms with E-state index in [9.17, 15) is 0 Å². The second-order valence-corrected chi connectivity index (χ2v) is 2.29. The predicted molar refractivity (Wildman–Crippen MR) is 37.7 cm³/mol. The predicted octanol–water partition coefficient (Wildman–Crippen LogP) is 1.94. The average molecular weight is 375 g/mol. The number of hydrogen-bond donors (Lipinski definition) is 1. The molecule has 0 saturated heterocycles. The van der Waals surface area contributed by atoms with Crippen LogP contribution < -0.4 is 0 Å². The Hall–Kier alpha value is 2.28. The van der Waals surface area contributed by atoms with Gasteiger partial charge in [-0.15, -0.1) is 0 Å². The van der Waals surface area contributed by atoms with Crippen LogP contribution in [-0.4, -0.2) is 15.4 Å². The summed E-state index contributed by atoms with van der Waals surface area (Å²) >= 11 is 10.3. The SMILES string of the molecule is OC(Br)CBr.[Br][Zr]. The first-order valence-corrected chi connectivity index (χ1v) is 9.00. The van der Waals surface area contributed by atoms with Crippen LogP contribution in [0.3, 0.4) is 0 Å². The molecule has 43 valence electrons. The molecule has 0 heterocycles. The monoisotopic (exact) mass is 371 g/mol. The van der Waals surface area contributed by atoms with Gasteiger partial charge in [-0.05, 0) is 0 Å². The molecule has 0 amide bonds. The fourth-order valence-corrected chi connectivity index (χ4v) is 0. The van der Waals surface area contributed by atoms with Crippen molar-refractivity contribution in [2.45, 2.75) is 5.01 Å². The first-order chi connectivity index (χ1) is 3.27. The Bertz CT molecular complexity index is 26.9. The Labute approximate surface area is 80.8 Å². The summed E-state index contributed by atoms with van der Waals surface area (Å²) in [7, 11) is 0. The molecule has 0 aromatic rings. The molecular weight excluding hydrogens is 371 g/mol. The van der Waals surface area contributed by atoms with E-state index < -0.39 is 0 Å². The number of rotatable bonds is 1. The quantitative estimate of drug-likeness (QED) is 0.695. The summed E-state index contributed by atoms with van der Waals surface area (Å²) in [5, 5.41) is 8.43. The molecule has 1 nitrogen and oxygen atoms in total.